The van der Waals surface area contributed by atoms with E-state index in [0.717, 1.165) is 22.6 Å². The van der Waals surface area contributed by atoms with E-state index in [1.54, 1.807) is 0 Å². The number of benzene rings is 2. The second-order valence-corrected chi connectivity index (χ2v) is 6.66. The van der Waals surface area contributed by atoms with Crippen molar-refractivity contribution in [1.29, 1.82) is 0 Å². The van der Waals surface area contributed by atoms with Crippen LogP contribution in [-0.2, 0) is 12.0 Å². The number of ether oxygens (including phenoxy) is 1. The maximum Gasteiger partial charge on any atom is 0.131 e. The van der Waals surface area contributed by atoms with E-state index in [1.807, 2.05) is 12.1 Å². The summed E-state index contributed by atoms with van der Waals surface area (Å²) in [6, 6.07) is 12.5. The molecule has 2 rings (SSSR count). The molecule has 0 aromatic heterocycles. The van der Waals surface area contributed by atoms with E-state index < -0.39 is 0 Å². The molecule has 0 saturated carbocycles. The standard InChI is InChI=1S/C19H25NO/c1-13-6-8-18(16(10-13)19(3,4)5)21-17-9-7-15(12-20)11-14(17)2/h6-11H,12,20H2,1-5H3. The molecule has 0 fully saturated rings. The first kappa shape index (κ1) is 15.6. The normalized spacial score (nSPS) is 11.5. The lowest BCUT2D eigenvalue weighted by Gasteiger charge is -2.23. The molecule has 0 saturated heterocycles. The highest BCUT2D eigenvalue weighted by Gasteiger charge is 2.19. The molecular formula is C19H25NO. The van der Waals surface area contributed by atoms with E-state index in [9.17, 15) is 0 Å². The lowest BCUT2D eigenvalue weighted by Crippen LogP contribution is -2.13. The summed E-state index contributed by atoms with van der Waals surface area (Å²) in [5.74, 6) is 1.82. The Bertz CT molecular complexity index is 638. The van der Waals surface area contributed by atoms with Crippen molar-refractivity contribution in [2.75, 3.05) is 0 Å². The Morgan fingerprint density at radius 2 is 1.62 bits per heavy atom. The fourth-order valence-corrected chi connectivity index (χ4v) is 2.39. The molecule has 0 aliphatic heterocycles. The smallest absolute Gasteiger partial charge is 0.131 e. The van der Waals surface area contributed by atoms with Gasteiger partial charge >= 0.3 is 0 Å². The van der Waals surface area contributed by atoms with E-state index in [0.29, 0.717) is 6.54 Å². The summed E-state index contributed by atoms with van der Waals surface area (Å²) in [7, 11) is 0. The van der Waals surface area contributed by atoms with Crippen molar-refractivity contribution in [1.82, 2.24) is 0 Å². The van der Waals surface area contributed by atoms with E-state index in [2.05, 4.69) is 58.9 Å². The summed E-state index contributed by atoms with van der Waals surface area (Å²) >= 11 is 0. The molecule has 0 spiro atoms. The maximum absolute atomic E-state index is 6.18. The van der Waals surface area contributed by atoms with Gasteiger partial charge in [-0.2, -0.15) is 0 Å². The second kappa shape index (κ2) is 5.90. The lowest BCUT2D eigenvalue weighted by atomic mass is 9.85. The van der Waals surface area contributed by atoms with Crippen molar-refractivity contribution in [3.8, 4) is 11.5 Å². The predicted octanol–water partition coefficient (Wildman–Crippen LogP) is 4.85. The predicted molar refractivity (Wildman–Crippen MR) is 89.0 cm³/mol. The second-order valence-electron chi connectivity index (χ2n) is 6.66. The molecule has 0 heterocycles. The average Bonchev–Trinajstić information content (AvgIpc) is 2.41. The van der Waals surface area contributed by atoms with Gasteiger partial charge in [-0.3, -0.25) is 0 Å². The zero-order chi connectivity index (χ0) is 15.6. The Hall–Kier alpha value is -1.80. The van der Waals surface area contributed by atoms with Crippen molar-refractivity contribution in [3.63, 3.8) is 0 Å². The molecule has 0 aliphatic carbocycles. The Morgan fingerprint density at radius 1 is 0.952 bits per heavy atom. The maximum atomic E-state index is 6.18. The van der Waals surface area contributed by atoms with Crippen LogP contribution in [0.3, 0.4) is 0 Å². The van der Waals surface area contributed by atoms with E-state index in [1.165, 1.54) is 11.1 Å². The average molecular weight is 283 g/mol. The molecule has 0 aliphatic rings. The minimum atomic E-state index is 0.0481. The van der Waals surface area contributed by atoms with Gasteiger partial charge in [0, 0.05) is 12.1 Å². The van der Waals surface area contributed by atoms with Crippen molar-refractivity contribution >= 4 is 0 Å². The van der Waals surface area contributed by atoms with Gasteiger partial charge in [-0.1, -0.05) is 50.6 Å². The molecule has 0 bridgehead atoms. The van der Waals surface area contributed by atoms with Crippen LogP contribution in [0.2, 0.25) is 0 Å². The van der Waals surface area contributed by atoms with Crippen LogP contribution < -0.4 is 10.5 Å². The highest BCUT2D eigenvalue weighted by Crippen LogP contribution is 2.35. The third-order valence-electron chi connectivity index (χ3n) is 3.64. The molecule has 0 radical (unpaired) electrons. The molecule has 21 heavy (non-hydrogen) atoms. The highest BCUT2D eigenvalue weighted by atomic mass is 16.5. The molecule has 2 nitrogen and oxygen atoms in total. The number of nitrogens with two attached hydrogens (primary N) is 1. The highest BCUT2D eigenvalue weighted by molar-refractivity contribution is 5.46. The van der Waals surface area contributed by atoms with Gasteiger partial charge in [-0.05, 0) is 42.5 Å². The van der Waals surface area contributed by atoms with Crippen molar-refractivity contribution in [2.45, 2.75) is 46.6 Å². The lowest BCUT2D eigenvalue weighted by molar-refractivity contribution is 0.452. The molecule has 2 aromatic rings. The van der Waals surface area contributed by atoms with E-state index >= 15 is 0 Å². The Kier molecular flexibility index (Phi) is 4.38. The first-order valence-corrected chi connectivity index (χ1v) is 7.40. The minimum absolute atomic E-state index is 0.0481. The zero-order valence-corrected chi connectivity index (χ0v) is 13.7. The van der Waals surface area contributed by atoms with Gasteiger partial charge in [-0.25, -0.2) is 0 Å². The summed E-state index contributed by atoms with van der Waals surface area (Å²) < 4.78 is 6.18. The molecule has 2 N–H and O–H groups in total. The molecule has 112 valence electrons. The van der Waals surface area contributed by atoms with Gasteiger partial charge in [0.05, 0.1) is 0 Å². The van der Waals surface area contributed by atoms with E-state index in [4.69, 9.17) is 10.5 Å². The van der Waals surface area contributed by atoms with Crippen molar-refractivity contribution in [2.24, 2.45) is 5.73 Å². The largest absolute Gasteiger partial charge is 0.457 e. The summed E-state index contributed by atoms with van der Waals surface area (Å²) in [5, 5.41) is 0. The van der Waals surface area contributed by atoms with Crippen LogP contribution in [0, 0.1) is 13.8 Å². The Morgan fingerprint density at radius 3 is 2.19 bits per heavy atom. The summed E-state index contributed by atoms with van der Waals surface area (Å²) in [4.78, 5) is 0. The number of hydrogen-bond acceptors (Lipinski definition) is 2. The minimum Gasteiger partial charge on any atom is -0.457 e. The zero-order valence-electron chi connectivity index (χ0n) is 13.7. The topological polar surface area (TPSA) is 35.2 Å². The summed E-state index contributed by atoms with van der Waals surface area (Å²) in [6.45, 7) is 11.3. The van der Waals surface area contributed by atoms with Crippen molar-refractivity contribution < 1.29 is 4.74 Å². The number of aryl methyl sites for hydroxylation is 2. The molecule has 2 aromatic carbocycles. The molecule has 0 amide bonds. The Balaban J connectivity index is 2.40. The number of hydrogen-bond donors (Lipinski definition) is 1. The van der Waals surface area contributed by atoms with Crippen LogP contribution in [0.15, 0.2) is 36.4 Å². The summed E-state index contributed by atoms with van der Waals surface area (Å²) in [6.07, 6.45) is 0. The van der Waals surface area contributed by atoms with Crippen LogP contribution in [0.25, 0.3) is 0 Å². The third kappa shape index (κ3) is 3.64. The molecule has 0 unspecified atom stereocenters. The first-order valence-electron chi connectivity index (χ1n) is 7.40. The fraction of sp³-hybridized carbons (Fsp3) is 0.368. The molecule has 2 heteroatoms. The SMILES string of the molecule is Cc1ccc(Oc2ccc(CN)cc2C)c(C(C)(C)C)c1. The Labute approximate surface area is 127 Å². The first-order chi connectivity index (χ1) is 9.81. The van der Waals surface area contributed by atoms with Gasteiger partial charge in [0.2, 0.25) is 0 Å². The molecular weight excluding hydrogens is 258 g/mol. The fourth-order valence-electron chi connectivity index (χ4n) is 2.39. The van der Waals surface area contributed by atoms with Crippen LogP contribution in [-0.4, -0.2) is 0 Å². The van der Waals surface area contributed by atoms with E-state index in [-0.39, 0.29) is 5.41 Å². The van der Waals surface area contributed by atoms with Gasteiger partial charge in [0.1, 0.15) is 11.5 Å². The van der Waals surface area contributed by atoms with Gasteiger partial charge < -0.3 is 10.5 Å². The summed E-state index contributed by atoms with van der Waals surface area (Å²) in [5.41, 5.74) is 10.4. The van der Waals surface area contributed by atoms with Gasteiger partial charge in [0.15, 0.2) is 0 Å². The molecule has 0 atom stereocenters. The monoisotopic (exact) mass is 283 g/mol. The quantitative estimate of drug-likeness (QED) is 0.873. The third-order valence-corrected chi connectivity index (χ3v) is 3.64. The van der Waals surface area contributed by atoms with Crippen LogP contribution in [0.4, 0.5) is 0 Å². The van der Waals surface area contributed by atoms with Crippen LogP contribution >= 0.6 is 0 Å². The van der Waals surface area contributed by atoms with Gasteiger partial charge in [0.25, 0.3) is 0 Å². The number of rotatable bonds is 3. The van der Waals surface area contributed by atoms with Crippen LogP contribution in [0.1, 0.15) is 43.0 Å². The van der Waals surface area contributed by atoms with Gasteiger partial charge in [-0.15, -0.1) is 0 Å². The van der Waals surface area contributed by atoms with Crippen molar-refractivity contribution in [3.05, 3.63) is 58.7 Å². The van der Waals surface area contributed by atoms with Crippen LogP contribution in [0.5, 0.6) is 11.5 Å².